The molecule has 0 radical (unpaired) electrons. The number of nitrogens with one attached hydrogen (secondary N) is 1. The van der Waals surface area contributed by atoms with Crippen molar-refractivity contribution in [2.24, 2.45) is 0 Å². The molecule has 0 bridgehead atoms. The minimum Gasteiger partial charge on any atom is -0.472 e. The number of hydrogen-bond acceptors (Lipinski definition) is 5. The lowest BCUT2D eigenvalue weighted by molar-refractivity contribution is 0.168. The van der Waals surface area contributed by atoms with Crippen molar-refractivity contribution in [3.63, 3.8) is 0 Å². The second-order valence-electron chi connectivity index (χ2n) is 3.82. The van der Waals surface area contributed by atoms with E-state index in [-0.39, 0.29) is 17.2 Å². The van der Waals surface area contributed by atoms with Crippen LogP contribution in [0.3, 0.4) is 0 Å². The van der Waals surface area contributed by atoms with Crippen molar-refractivity contribution in [1.82, 2.24) is 4.72 Å². The zero-order valence-electron chi connectivity index (χ0n) is 9.74. The van der Waals surface area contributed by atoms with E-state index in [2.05, 4.69) is 4.72 Å². The molecule has 2 aromatic heterocycles. The normalized spacial score (nSPS) is 13.6. The topological polar surface area (TPSA) is 79.5 Å². The van der Waals surface area contributed by atoms with Crippen LogP contribution >= 0.6 is 22.9 Å². The van der Waals surface area contributed by atoms with Crippen molar-refractivity contribution < 1.29 is 17.9 Å². The molecule has 0 fully saturated rings. The summed E-state index contributed by atoms with van der Waals surface area (Å²) in [4.78, 5) is 0. The molecule has 1 unspecified atom stereocenters. The number of aliphatic hydroxyl groups excluding tert-OH is 1. The highest BCUT2D eigenvalue weighted by Crippen LogP contribution is 2.25. The van der Waals surface area contributed by atoms with E-state index in [1.54, 1.807) is 6.07 Å². The van der Waals surface area contributed by atoms with Gasteiger partial charge in [-0.05, 0) is 24.6 Å². The summed E-state index contributed by atoms with van der Waals surface area (Å²) < 4.78 is 31.5. The van der Waals surface area contributed by atoms with Crippen LogP contribution in [0.5, 0.6) is 0 Å². The second kappa shape index (κ2) is 6.06. The van der Waals surface area contributed by atoms with Gasteiger partial charge >= 0.3 is 0 Å². The van der Waals surface area contributed by atoms with Crippen LogP contribution in [-0.4, -0.2) is 20.1 Å². The molecule has 5 nitrogen and oxygen atoms in total. The number of aliphatic hydroxyl groups is 1. The summed E-state index contributed by atoms with van der Waals surface area (Å²) in [6, 6.07) is 4.61. The van der Waals surface area contributed by atoms with Crippen molar-refractivity contribution in [2.75, 3.05) is 6.54 Å². The number of halogens is 1. The van der Waals surface area contributed by atoms with Gasteiger partial charge < -0.3 is 9.52 Å². The molecule has 1 atom stereocenters. The van der Waals surface area contributed by atoms with Crippen LogP contribution in [0.2, 0.25) is 4.34 Å². The van der Waals surface area contributed by atoms with Crippen molar-refractivity contribution in [1.29, 1.82) is 0 Å². The fourth-order valence-electron chi connectivity index (χ4n) is 1.47. The Morgan fingerprint density at radius 1 is 1.42 bits per heavy atom. The largest absolute Gasteiger partial charge is 0.472 e. The molecule has 19 heavy (non-hydrogen) atoms. The summed E-state index contributed by atoms with van der Waals surface area (Å²) in [6.07, 6.45) is 2.39. The van der Waals surface area contributed by atoms with Gasteiger partial charge in [-0.25, -0.2) is 13.1 Å². The molecule has 2 heterocycles. The number of furan rings is 1. The Bertz CT molecular complexity index is 621. The Morgan fingerprint density at radius 3 is 2.79 bits per heavy atom. The zero-order chi connectivity index (χ0) is 13.9. The third-order valence-electron chi connectivity index (χ3n) is 2.45. The molecule has 0 spiro atoms. The Labute approximate surface area is 119 Å². The average molecular weight is 322 g/mol. The Kier molecular flexibility index (Phi) is 4.64. The fraction of sp³-hybridized carbons (Fsp3) is 0.273. The Morgan fingerprint density at radius 2 is 2.21 bits per heavy atom. The van der Waals surface area contributed by atoms with Gasteiger partial charge in [0.1, 0.15) is 4.21 Å². The third kappa shape index (κ3) is 3.80. The molecular formula is C11H12ClNO4S2. The van der Waals surface area contributed by atoms with Crippen LogP contribution in [0.4, 0.5) is 0 Å². The van der Waals surface area contributed by atoms with Crippen LogP contribution in [0.15, 0.2) is 39.4 Å². The molecule has 2 N–H and O–H groups in total. The molecule has 0 aromatic carbocycles. The summed E-state index contributed by atoms with van der Waals surface area (Å²) >= 11 is 6.68. The summed E-state index contributed by atoms with van der Waals surface area (Å²) in [5.74, 6) is 0. The van der Waals surface area contributed by atoms with Gasteiger partial charge in [0.25, 0.3) is 0 Å². The molecule has 0 aliphatic carbocycles. The quantitative estimate of drug-likeness (QED) is 0.856. The van der Waals surface area contributed by atoms with Crippen LogP contribution < -0.4 is 4.72 Å². The number of hydrogen-bond donors (Lipinski definition) is 2. The van der Waals surface area contributed by atoms with Gasteiger partial charge in [-0.15, -0.1) is 11.3 Å². The van der Waals surface area contributed by atoms with Gasteiger partial charge in [-0.1, -0.05) is 11.6 Å². The van der Waals surface area contributed by atoms with E-state index in [4.69, 9.17) is 16.0 Å². The second-order valence-corrected chi connectivity index (χ2v) is 7.53. The maximum atomic E-state index is 11.9. The third-order valence-corrected chi connectivity index (χ3v) is 5.64. The van der Waals surface area contributed by atoms with E-state index in [1.165, 1.54) is 24.7 Å². The summed E-state index contributed by atoms with van der Waals surface area (Å²) in [7, 11) is -3.55. The molecule has 2 rings (SSSR count). The predicted octanol–water partition coefficient (Wildman–Crippen LogP) is 2.40. The van der Waals surface area contributed by atoms with Crippen LogP contribution in [0.1, 0.15) is 18.1 Å². The minimum atomic E-state index is -3.55. The minimum absolute atomic E-state index is 0.129. The molecule has 0 amide bonds. The molecule has 0 saturated heterocycles. The SMILES string of the molecule is O=S(=O)(NCCC(O)c1ccoc1)c1ccc(Cl)s1. The number of thiophene rings is 1. The van der Waals surface area contributed by atoms with E-state index >= 15 is 0 Å². The zero-order valence-corrected chi connectivity index (χ0v) is 12.1. The Balaban J connectivity index is 1.89. The first kappa shape index (κ1) is 14.5. The van der Waals surface area contributed by atoms with Crippen molar-refractivity contribution >= 4 is 33.0 Å². The first-order valence-corrected chi connectivity index (χ1v) is 8.12. The first-order chi connectivity index (χ1) is 8.99. The molecule has 104 valence electrons. The number of sulfonamides is 1. The van der Waals surface area contributed by atoms with Gasteiger partial charge in [0, 0.05) is 12.1 Å². The van der Waals surface area contributed by atoms with Gasteiger partial charge in [0.15, 0.2) is 0 Å². The number of rotatable bonds is 6. The molecule has 2 aromatic rings. The highest BCUT2D eigenvalue weighted by atomic mass is 35.5. The van der Waals surface area contributed by atoms with E-state index in [0.717, 1.165) is 11.3 Å². The maximum absolute atomic E-state index is 11.9. The molecule has 8 heteroatoms. The monoisotopic (exact) mass is 321 g/mol. The highest BCUT2D eigenvalue weighted by molar-refractivity contribution is 7.91. The lowest BCUT2D eigenvalue weighted by Crippen LogP contribution is -2.25. The van der Waals surface area contributed by atoms with Crippen LogP contribution in [0.25, 0.3) is 0 Å². The highest BCUT2D eigenvalue weighted by Gasteiger charge is 2.17. The van der Waals surface area contributed by atoms with E-state index in [1.807, 2.05) is 0 Å². The lowest BCUT2D eigenvalue weighted by atomic mass is 10.1. The van der Waals surface area contributed by atoms with E-state index in [0.29, 0.717) is 9.90 Å². The summed E-state index contributed by atoms with van der Waals surface area (Å²) in [5, 5.41) is 9.77. The van der Waals surface area contributed by atoms with Crippen LogP contribution in [0, 0.1) is 0 Å². The molecule has 0 aliphatic heterocycles. The lowest BCUT2D eigenvalue weighted by Gasteiger charge is -2.09. The smallest absolute Gasteiger partial charge is 0.250 e. The summed E-state index contributed by atoms with van der Waals surface area (Å²) in [5.41, 5.74) is 0.623. The van der Waals surface area contributed by atoms with Gasteiger partial charge in [-0.3, -0.25) is 0 Å². The van der Waals surface area contributed by atoms with Crippen molar-refractivity contribution in [3.8, 4) is 0 Å². The van der Waals surface area contributed by atoms with Gasteiger partial charge in [0.05, 0.1) is 23.0 Å². The average Bonchev–Trinajstić information content (AvgIpc) is 2.99. The predicted molar refractivity (Wildman–Crippen MR) is 72.8 cm³/mol. The van der Waals surface area contributed by atoms with E-state index in [9.17, 15) is 13.5 Å². The molecule has 0 saturated carbocycles. The maximum Gasteiger partial charge on any atom is 0.250 e. The Hall–Kier alpha value is -0.860. The van der Waals surface area contributed by atoms with E-state index < -0.39 is 16.1 Å². The summed E-state index contributed by atoms with van der Waals surface area (Å²) in [6.45, 7) is 0.129. The van der Waals surface area contributed by atoms with Gasteiger partial charge in [0.2, 0.25) is 10.0 Å². The first-order valence-electron chi connectivity index (χ1n) is 5.44. The molecule has 0 aliphatic rings. The van der Waals surface area contributed by atoms with Gasteiger partial charge in [-0.2, -0.15) is 0 Å². The fourth-order valence-corrected chi connectivity index (χ4v) is 4.05. The standard InChI is InChI=1S/C11H12ClNO4S2/c12-10-1-2-11(18-10)19(15,16)13-5-3-9(14)8-4-6-17-7-8/h1-2,4,6-7,9,13-14H,3,5H2. The van der Waals surface area contributed by atoms with Crippen LogP contribution in [-0.2, 0) is 10.0 Å². The molecular weight excluding hydrogens is 310 g/mol. The van der Waals surface area contributed by atoms with Crippen molar-refractivity contribution in [3.05, 3.63) is 40.6 Å². The van der Waals surface area contributed by atoms with Crippen molar-refractivity contribution in [2.45, 2.75) is 16.7 Å².